The van der Waals surface area contributed by atoms with Crippen LogP contribution in [0.3, 0.4) is 0 Å². The Morgan fingerprint density at radius 1 is 1.59 bits per heavy atom. The highest BCUT2D eigenvalue weighted by Gasteiger charge is 2.29. The molecule has 2 heterocycles. The Balaban J connectivity index is 1.95. The molecule has 2 N–H and O–H groups in total. The summed E-state index contributed by atoms with van der Waals surface area (Å²) in [6.45, 7) is 0.382. The number of nitrogens with one attached hydrogen (secondary N) is 1. The molecular weight excluding hydrogens is 282 g/mol. The van der Waals surface area contributed by atoms with Crippen LogP contribution in [0.25, 0.3) is 0 Å². The minimum absolute atomic E-state index is 0.119. The Bertz CT molecular complexity index is 730. The molecule has 1 saturated heterocycles. The van der Waals surface area contributed by atoms with Crippen LogP contribution in [0.4, 0.5) is 5.69 Å². The molecule has 1 atom stereocenters. The number of aliphatic hydroxyl groups is 1. The van der Waals surface area contributed by atoms with E-state index in [1.54, 1.807) is 24.1 Å². The Morgan fingerprint density at radius 3 is 3.00 bits per heavy atom. The van der Waals surface area contributed by atoms with Gasteiger partial charge in [-0.15, -0.1) is 0 Å². The van der Waals surface area contributed by atoms with Crippen LogP contribution in [-0.4, -0.2) is 42.1 Å². The maximum Gasteiger partial charge on any atom is 0.211 e. The second-order valence-corrected chi connectivity index (χ2v) is 5.19. The number of nitriles is 1. The number of ether oxygens (including phenoxy) is 1. The standard InChI is InChI=1S/C16H15N3O3/c1-19-8-11(9-20)22-16(19)10(7-17)6-14-15(21)12-4-2-3-5-13(12)18-14/h2-6,11,18,20H,8-9H2,1H3/b14-6+,16-10-/t11-/m1/s1. The molecule has 1 aromatic carbocycles. The number of ketones is 1. The lowest BCUT2D eigenvalue weighted by Gasteiger charge is -2.10. The summed E-state index contributed by atoms with van der Waals surface area (Å²) in [5.74, 6) is 0.225. The van der Waals surface area contributed by atoms with E-state index in [9.17, 15) is 10.1 Å². The van der Waals surface area contributed by atoms with Gasteiger partial charge in [-0.3, -0.25) is 4.79 Å². The van der Waals surface area contributed by atoms with E-state index < -0.39 is 0 Å². The Hall–Kier alpha value is -2.78. The summed E-state index contributed by atoms with van der Waals surface area (Å²) in [5, 5.41) is 21.5. The van der Waals surface area contributed by atoms with Crippen molar-refractivity contribution in [3.8, 4) is 6.07 Å². The molecule has 0 spiro atoms. The lowest BCUT2D eigenvalue weighted by molar-refractivity contribution is 0.0963. The number of carbonyl (C=O) groups is 1. The molecule has 112 valence electrons. The zero-order chi connectivity index (χ0) is 15.7. The first-order valence-corrected chi connectivity index (χ1v) is 6.89. The van der Waals surface area contributed by atoms with Crippen molar-refractivity contribution in [2.24, 2.45) is 0 Å². The number of likely N-dealkylation sites (N-methyl/N-ethyl adjacent to an activating group) is 1. The van der Waals surface area contributed by atoms with Crippen molar-refractivity contribution in [3.05, 3.63) is 53.1 Å². The van der Waals surface area contributed by atoms with Crippen LogP contribution in [0.2, 0.25) is 0 Å². The van der Waals surface area contributed by atoms with Crippen LogP contribution >= 0.6 is 0 Å². The lowest BCUT2D eigenvalue weighted by Crippen LogP contribution is -2.19. The third-order valence-corrected chi connectivity index (χ3v) is 3.63. The van der Waals surface area contributed by atoms with Gasteiger partial charge >= 0.3 is 0 Å². The van der Waals surface area contributed by atoms with Crippen molar-refractivity contribution in [2.45, 2.75) is 6.10 Å². The zero-order valence-electron chi connectivity index (χ0n) is 12.0. The van der Waals surface area contributed by atoms with Gasteiger partial charge in [0.15, 0.2) is 0 Å². The van der Waals surface area contributed by atoms with E-state index in [2.05, 4.69) is 11.4 Å². The second-order valence-electron chi connectivity index (χ2n) is 5.19. The predicted molar refractivity (Wildman–Crippen MR) is 79.7 cm³/mol. The van der Waals surface area contributed by atoms with Crippen LogP contribution in [0.5, 0.6) is 0 Å². The Morgan fingerprint density at radius 2 is 2.36 bits per heavy atom. The molecule has 0 radical (unpaired) electrons. The maximum atomic E-state index is 12.3. The SMILES string of the molecule is CN1C[C@H](CO)O/C1=C(C#N)/C=C1/Nc2ccccc2C1=O. The number of fused-ring (bicyclic) bond motifs is 1. The Kier molecular flexibility index (Phi) is 3.57. The fraction of sp³-hybridized carbons (Fsp3) is 0.250. The molecule has 22 heavy (non-hydrogen) atoms. The van der Waals surface area contributed by atoms with E-state index in [4.69, 9.17) is 9.84 Å². The number of aliphatic hydroxyl groups excluding tert-OH is 1. The molecule has 1 fully saturated rings. The molecule has 0 bridgehead atoms. The van der Waals surface area contributed by atoms with E-state index >= 15 is 0 Å². The molecule has 0 amide bonds. The number of hydrogen-bond acceptors (Lipinski definition) is 6. The topological polar surface area (TPSA) is 85.6 Å². The molecule has 2 aliphatic rings. The molecule has 6 heteroatoms. The molecule has 0 aromatic heterocycles. The molecule has 2 aliphatic heterocycles. The molecule has 0 saturated carbocycles. The lowest BCUT2D eigenvalue weighted by atomic mass is 10.1. The summed E-state index contributed by atoms with van der Waals surface area (Å²) < 4.78 is 5.55. The molecule has 0 unspecified atom stereocenters. The molecule has 1 aromatic rings. The first kappa shape index (κ1) is 14.2. The van der Waals surface area contributed by atoms with Crippen LogP contribution in [0.15, 0.2) is 47.5 Å². The minimum atomic E-state index is -0.355. The van der Waals surface area contributed by atoms with E-state index in [0.29, 0.717) is 23.7 Å². The predicted octanol–water partition coefficient (Wildman–Crippen LogP) is 1.24. The van der Waals surface area contributed by atoms with E-state index in [0.717, 1.165) is 5.69 Å². The van der Waals surface area contributed by atoms with Crippen molar-refractivity contribution < 1.29 is 14.6 Å². The summed E-state index contributed by atoms with van der Waals surface area (Å²) in [5.41, 5.74) is 1.91. The van der Waals surface area contributed by atoms with Gasteiger partial charge in [-0.25, -0.2) is 0 Å². The number of anilines is 1. The average molecular weight is 297 g/mol. The number of nitrogens with zero attached hydrogens (tertiary/aromatic N) is 2. The van der Waals surface area contributed by atoms with E-state index in [1.165, 1.54) is 6.08 Å². The number of hydrogen-bond donors (Lipinski definition) is 2. The third kappa shape index (κ3) is 2.32. The quantitative estimate of drug-likeness (QED) is 0.631. The van der Waals surface area contributed by atoms with Gasteiger partial charge in [0.05, 0.1) is 18.8 Å². The van der Waals surface area contributed by atoms with Crippen molar-refractivity contribution in [1.29, 1.82) is 5.26 Å². The number of Topliss-reactive ketones (excluding diaryl/α,β-unsaturated/α-hetero) is 1. The smallest absolute Gasteiger partial charge is 0.211 e. The van der Waals surface area contributed by atoms with Crippen molar-refractivity contribution >= 4 is 11.5 Å². The van der Waals surface area contributed by atoms with Crippen LogP contribution < -0.4 is 5.32 Å². The fourth-order valence-electron chi connectivity index (χ4n) is 2.56. The van der Waals surface area contributed by atoms with E-state index in [1.807, 2.05) is 12.1 Å². The van der Waals surface area contributed by atoms with Gasteiger partial charge in [-0.05, 0) is 18.2 Å². The summed E-state index contributed by atoms with van der Waals surface area (Å²) >= 11 is 0. The molecule has 6 nitrogen and oxygen atoms in total. The highest BCUT2D eigenvalue weighted by atomic mass is 16.5. The summed E-state index contributed by atoms with van der Waals surface area (Å²) in [6, 6.07) is 9.24. The van der Waals surface area contributed by atoms with Crippen molar-refractivity contribution in [1.82, 2.24) is 4.90 Å². The number of para-hydroxylation sites is 1. The zero-order valence-corrected chi connectivity index (χ0v) is 12.0. The van der Waals surface area contributed by atoms with Crippen LogP contribution in [-0.2, 0) is 4.74 Å². The van der Waals surface area contributed by atoms with Crippen LogP contribution in [0, 0.1) is 11.3 Å². The fourth-order valence-corrected chi connectivity index (χ4v) is 2.56. The maximum absolute atomic E-state index is 12.3. The van der Waals surface area contributed by atoms with Crippen molar-refractivity contribution in [3.63, 3.8) is 0 Å². The van der Waals surface area contributed by atoms with E-state index in [-0.39, 0.29) is 24.1 Å². The first-order valence-electron chi connectivity index (χ1n) is 6.89. The van der Waals surface area contributed by atoms with Crippen LogP contribution in [0.1, 0.15) is 10.4 Å². The van der Waals surface area contributed by atoms with Gasteiger partial charge in [-0.2, -0.15) is 5.26 Å². The van der Waals surface area contributed by atoms with Crippen molar-refractivity contribution in [2.75, 3.05) is 25.5 Å². The van der Waals surface area contributed by atoms with Gasteiger partial charge in [0.1, 0.15) is 17.7 Å². The number of rotatable bonds is 2. The minimum Gasteiger partial charge on any atom is -0.470 e. The molecule has 3 rings (SSSR count). The van der Waals surface area contributed by atoms with Gasteiger partial charge in [0.2, 0.25) is 11.7 Å². The van der Waals surface area contributed by atoms with Gasteiger partial charge < -0.3 is 20.1 Å². The monoisotopic (exact) mass is 297 g/mol. The second kappa shape index (κ2) is 5.54. The largest absolute Gasteiger partial charge is 0.470 e. The average Bonchev–Trinajstić information content (AvgIpc) is 3.06. The summed E-state index contributed by atoms with van der Waals surface area (Å²) in [4.78, 5) is 14.1. The Labute approximate surface area is 127 Å². The summed E-state index contributed by atoms with van der Waals surface area (Å²) in [6.07, 6.45) is 1.14. The van der Waals surface area contributed by atoms with Gasteiger partial charge in [-0.1, -0.05) is 12.1 Å². The highest BCUT2D eigenvalue weighted by Crippen LogP contribution is 2.29. The molecular formula is C16H15N3O3. The summed E-state index contributed by atoms with van der Waals surface area (Å²) in [7, 11) is 1.78. The normalized spacial score (nSPS) is 23.9. The molecule has 0 aliphatic carbocycles. The van der Waals surface area contributed by atoms with Gasteiger partial charge in [0.25, 0.3) is 0 Å². The number of allylic oxidation sites excluding steroid dienone is 3. The number of benzene rings is 1. The first-order chi connectivity index (χ1) is 10.6. The van der Waals surface area contributed by atoms with Gasteiger partial charge in [0, 0.05) is 18.3 Å². The number of carbonyl (C=O) groups excluding carboxylic acids is 1. The highest BCUT2D eigenvalue weighted by molar-refractivity contribution is 6.18. The third-order valence-electron chi connectivity index (χ3n) is 3.63.